The molecule has 1 fully saturated rings. The molecule has 1 amide bonds. The third-order valence-electron chi connectivity index (χ3n) is 5.31. The van der Waals surface area contributed by atoms with Crippen LogP contribution in [0.2, 0.25) is 5.02 Å². The predicted molar refractivity (Wildman–Crippen MR) is 98.0 cm³/mol. The number of carbonyl (C=O) groups is 1. The van der Waals surface area contributed by atoms with E-state index in [4.69, 9.17) is 11.6 Å². The van der Waals surface area contributed by atoms with Gasteiger partial charge in [0.25, 0.3) is 0 Å². The molecule has 0 N–H and O–H groups in total. The molecule has 2 nitrogen and oxygen atoms in total. The van der Waals surface area contributed by atoms with Crippen LogP contribution in [0.15, 0.2) is 54.6 Å². The minimum atomic E-state index is 0.0741. The van der Waals surface area contributed by atoms with Gasteiger partial charge in [-0.25, -0.2) is 0 Å². The van der Waals surface area contributed by atoms with Gasteiger partial charge in [-0.2, -0.15) is 0 Å². The molecule has 3 atom stereocenters. The lowest BCUT2D eigenvalue weighted by Crippen LogP contribution is -2.48. The number of benzene rings is 2. The van der Waals surface area contributed by atoms with Gasteiger partial charge in [-0.3, -0.25) is 4.79 Å². The molecule has 0 spiro atoms. The Balaban J connectivity index is 1.72. The normalized spacial score (nSPS) is 23.6. The Morgan fingerprint density at radius 3 is 2.75 bits per heavy atom. The molecule has 0 bridgehead atoms. The molecular formula is C21H20ClNO. The van der Waals surface area contributed by atoms with Gasteiger partial charge >= 0.3 is 0 Å². The molecule has 2 aliphatic rings. The van der Waals surface area contributed by atoms with Crippen molar-refractivity contribution in [2.24, 2.45) is 0 Å². The minimum Gasteiger partial charge on any atom is -0.329 e. The summed E-state index contributed by atoms with van der Waals surface area (Å²) in [6, 6.07) is 16.6. The summed E-state index contributed by atoms with van der Waals surface area (Å²) in [5, 5.41) is 0.762. The van der Waals surface area contributed by atoms with Crippen LogP contribution in [-0.2, 0) is 4.79 Å². The molecule has 2 aromatic carbocycles. The first-order chi connectivity index (χ1) is 11.6. The van der Waals surface area contributed by atoms with E-state index in [1.807, 2.05) is 30.3 Å². The second-order valence-electron chi connectivity index (χ2n) is 6.66. The number of likely N-dealkylation sites (tertiary alicyclic amines) is 1. The van der Waals surface area contributed by atoms with Crippen LogP contribution in [0.1, 0.15) is 48.4 Å². The van der Waals surface area contributed by atoms with E-state index in [2.05, 4.69) is 42.2 Å². The number of halogens is 1. The standard InChI is InChI=1S/C21H20ClNO/c1-14(15-5-3-2-4-6-15)23-20-11-7-16-13-17(22)8-9-18(16)19(20)10-12-21(23)24/h2-9,11,13-14,19-20H,10,12H2,1H3/t14-,19-,20-/m0/s1. The largest absolute Gasteiger partial charge is 0.329 e. The maximum Gasteiger partial charge on any atom is 0.223 e. The summed E-state index contributed by atoms with van der Waals surface area (Å²) in [7, 11) is 0. The monoisotopic (exact) mass is 337 g/mol. The van der Waals surface area contributed by atoms with Crippen LogP contribution in [0.4, 0.5) is 0 Å². The number of rotatable bonds is 2. The van der Waals surface area contributed by atoms with Crippen LogP contribution in [0.3, 0.4) is 0 Å². The molecule has 1 heterocycles. The average Bonchev–Trinajstić information content (AvgIpc) is 2.61. The zero-order chi connectivity index (χ0) is 16.7. The molecule has 0 radical (unpaired) electrons. The number of fused-ring (bicyclic) bond motifs is 3. The predicted octanol–water partition coefficient (Wildman–Crippen LogP) is 5.20. The van der Waals surface area contributed by atoms with Gasteiger partial charge in [0.15, 0.2) is 0 Å². The summed E-state index contributed by atoms with van der Waals surface area (Å²) in [6.07, 6.45) is 5.81. The van der Waals surface area contributed by atoms with E-state index in [-0.39, 0.29) is 18.0 Å². The maximum absolute atomic E-state index is 12.7. The van der Waals surface area contributed by atoms with Gasteiger partial charge in [-0.1, -0.05) is 60.2 Å². The fourth-order valence-electron chi connectivity index (χ4n) is 4.10. The van der Waals surface area contributed by atoms with E-state index in [1.54, 1.807) is 0 Å². The lowest BCUT2D eigenvalue weighted by molar-refractivity contribution is -0.138. The summed E-state index contributed by atoms with van der Waals surface area (Å²) in [4.78, 5) is 14.8. The molecule has 1 aliphatic carbocycles. The Bertz CT molecular complexity index is 799. The second kappa shape index (κ2) is 6.10. The first-order valence-electron chi connectivity index (χ1n) is 8.49. The molecule has 122 valence electrons. The number of hydrogen-bond donors (Lipinski definition) is 0. The van der Waals surface area contributed by atoms with Crippen molar-refractivity contribution in [3.05, 3.63) is 76.3 Å². The number of amides is 1. The highest BCUT2D eigenvalue weighted by atomic mass is 35.5. The fourth-order valence-corrected chi connectivity index (χ4v) is 4.28. The van der Waals surface area contributed by atoms with Crippen LogP contribution in [0.25, 0.3) is 6.08 Å². The molecule has 0 aromatic heterocycles. The van der Waals surface area contributed by atoms with Crippen molar-refractivity contribution >= 4 is 23.6 Å². The van der Waals surface area contributed by atoms with Crippen molar-refractivity contribution in [3.8, 4) is 0 Å². The van der Waals surface area contributed by atoms with Crippen molar-refractivity contribution in [2.45, 2.75) is 37.8 Å². The zero-order valence-corrected chi connectivity index (χ0v) is 14.4. The third kappa shape index (κ3) is 2.55. The fraction of sp³-hybridized carbons (Fsp3) is 0.286. The van der Waals surface area contributed by atoms with Gasteiger partial charge in [-0.15, -0.1) is 0 Å². The second-order valence-corrected chi connectivity index (χ2v) is 7.09. The van der Waals surface area contributed by atoms with E-state index in [9.17, 15) is 4.79 Å². The molecule has 3 heteroatoms. The number of piperidine rings is 1. The highest BCUT2D eigenvalue weighted by molar-refractivity contribution is 6.30. The van der Waals surface area contributed by atoms with Gasteiger partial charge in [0.1, 0.15) is 0 Å². The van der Waals surface area contributed by atoms with Crippen LogP contribution in [-0.4, -0.2) is 16.8 Å². The quantitative estimate of drug-likeness (QED) is 0.737. The Morgan fingerprint density at radius 1 is 1.17 bits per heavy atom. The summed E-state index contributed by atoms with van der Waals surface area (Å²) < 4.78 is 0. The molecular weight excluding hydrogens is 318 g/mol. The first-order valence-corrected chi connectivity index (χ1v) is 8.86. The van der Waals surface area contributed by atoms with Crippen molar-refractivity contribution in [1.29, 1.82) is 0 Å². The van der Waals surface area contributed by atoms with Gasteiger partial charge in [0.05, 0.1) is 12.1 Å². The van der Waals surface area contributed by atoms with Crippen LogP contribution in [0.5, 0.6) is 0 Å². The van der Waals surface area contributed by atoms with Crippen molar-refractivity contribution in [3.63, 3.8) is 0 Å². The van der Waals surface area contributed by atoms with Gasteiger partial charge < -0.3 is 4.90 Å². The van der Waals surface area contributed by atoms with Crippen LogP contribution < -0.4 is 0 Å². The van der Waals surface area contributed by atoms with Crippen molar-refractivity contribution < 1.29 is 4.79 Å². The molecule has 1 saturated heterocycles. The average molecular weight is 338 g/mol. The van der Waals surface area contributed by atoms with Crippen LogP contribution >= 0.6 is 11.6 Å². The summed E-state index contributed by atoms with van der Waals surface area (Å²) >= 11 is 6.14. The van der Waals surface area contributed by atoms with Gasteiger partial charge in [0.2, 0.25) is 5.91 Å². The first kappa shape index (κ1) is 15.5. The zero-order valence-electron chi connectivity index (χ0n) is 13.7. The molecule has 2 aromatic rings. The number of nitrogens with zero attached hydrogens (tertiary/aromatic N) is 1. The van der Waals surface area contributed by atoms with E-state index in [0.717, 1.165) is 11.4 Å². The summed E-state index contributed by atoms with van der Waals surface area (Å²) in [6.45, 7) is 2.13. The molecule has 1 aliphatic heterocycles. The minimum absolute atomic E-state index is 0.0741. The van der Waals surface area contributed by atoms with Gasteiger partial charge in [0, 0.05) is 17.4 Å². The van der Waals surface area contributed by atoms with Crippen molar-refractivity contribution in [2.75, 3.05) is 0 Å². The maximum atomic E-state index is 12.7. The van der Waals surface area contributed by atoms with E-state index in [1.165, 1.54) is 16.7 Å². The smallest absolute Gasteiger partial charge is 0.223 e. The van der Waals surface area contributed by atoms with Gasteiger partial charge in [-0.05, 0) is 42.2 Å². The van der Waals surface area contributed by atoms with E-state index < -0.39 is 0 Å². The van der Waals surface area contributed by atoms with E-state index in [0.29, 0.717) is 12.3 Å². The Morgan fingerprint density at radius 2 is 1.96 bits per heavy atom. The van der Waals surface area contributed by atoms with Crippen LogP contribution in [0, 0.1) is 0 Å². The molecule has 4 rings (SSSR count). The Hall–Kier alpha value is -2.06. The number of carbonyl (C=O) groups excluding carboxylic acids is 1. The molecule has 0 saturated carbocycles. The Labute approximate surface area is 147 Å². The highest BCUT2D eigenvalue weighted by Crippen LogP contribution is 2.43. The Kier molecular flexibility index (Phi) is 3.93. The topological polar surface area (TPSA) is 20.3 Å². The summed E-state index contributed by atoms with van der Waals surface area (Å²) in [5.74, 6) is 0.598. The lowest BCUT2D eigenvalue weighted by Gasteiger charge is -2.45. The summed E-state index contributed by atoms with van der Waals surface area (Å²) in [5.41, 5.74) is 3.68. The highest BCUT2D eigenvalue weighted by Gasteiger charge is 2.39. The third-order valence-corrected chi connectivity index (χ3v) is 5.55. The molecule has 24 heavy (non-hydrogen) atoms. The SMILES string of the molecule is C[C@@H](c1ccccc1)N1C(=O)CC[C@H]2c3ccc(Cl)cc3C=C[C@@H]21. The number of hydrogen-bond acceptors (Lipinski definition) is 1. The van der Waals surface area contributed by atoms with E-state index >= 15 is 0 Å². The molecule has 0 unspecified atom stereocenters. The van der Waals surface area contributed by atoms with Crippen molar-refractivity contribution in [1.82, 2.24) is 4.90 Å². The lowest BCUT2D eigenvalue weighted by atomic mass is 9.77.